The van der Waals surface area contributed by atoms with Crippen LogP contribution < -0.4 is 10.9 Å². The molecule has 1 aromatic carbocycles. The van der Waals surface area contributed by atoms with Crippen LogP contribution in [0.2, 0.25) is 0 Å². The van der Waals surface area contributed by atoms with Gasteiger partial charge < -0.3 is 0 Å². The van der Waals surface area contributed by atoms with Crippen LogP contribution in [0.3, 0.4) is 0 Å². The summed E-state index contributed by atoms with van der Waals surface area (Å²) in [6.07, 6.45) is 6.62. The topological polar surface area (TPSA) is 78.7 Å². The smallest absolute Gasteiger partial charge is 0.240 e. The SMILES string of the molecule is CCCC(=NNc1ccc(C2=NNC(=O)CC2)cc1)c1ccncc1. The molecule has 6 heteroatoms. The van der Waals surface area contributed by atoms with Crippen LogP contribution in [0.25, 0.3) is 0 Å². The van der Waals surface area contributed by atoms with Gasteiger partial charge in [-0.15, -0.1) is 0 Å². The summed E-state index contributed by atoms with van der Waals surface area (Å²) in [5.74, 6) is -0.0315. The number of carbonyl (C=O) groups excluding carboxylic acids is 1. The molecule has 2 aromatic rings. The van der Waals surface area contributed by atoms with Crippen molar-refractivity contribution in [2.45, 2.75) is 32.6 Å². The first-order valence-corrected chi connectivity index (χ1v) is 8.45. The Morgan fingerprint density at radius 1 is 1.16 bits per heavy atom. The van der Waals surface area contributed by atoms with E-state index in [2.05, 4.69) is 33.0 Å². The fourth-order valence-electron chi connectivity index (χ4n) is 2.60. The zero-order chi connectivity index (χ0) is 17.5. The Labute approximate surface area is 147 Å². The van der Waals surface area contributed by atoms with Crippen LogP contribution >= 0.6 is 0 Å². The van der Waals surface area contributed by atoms with Gasteiger partial charge in [0.15, 0.2) is 0 Å². The maximum atomic E-state index is 11.2. The first kappa shape index (κ1) is 16.8. The van der Waals surface area contributed by atoms with E-state index < -0.39 is 0 Å². The Bertz CT molecular complexity index is 781. The minimum atomic E-state index is -0.0315. The van der Waals surface area contributed by atoms with E-state index in [4.69, 9.17) is 0 Å². The Balaban J connectivity index is 1.71. The van der Waals surface area contributed by atoms with Crippen molar-refractivity contribution < 1.29 is 4.79 Å². The van der Waals surface area contributed by atoms with Gasteiger partial charge in [-0.2, -0.15) is 10.2 Å². The van der Waals surface area contributed by atoms with Gasteiger partial charge in [-0.05, 0) is 36.2 Å². The van der Waals surface area contributed by atoms with Crippen molar-refractivity contribution in [3.63, 3.8) is 0 Å². The van der Waals surface area contributed by atoms with E-state index >= 15 is 0 Å². The summed E-state index contributed by atoms with van der Waals surface area (Å²) in [6.45, 7) is 2.13. The summed E-state index contributed by atoms with van der Waals surface area (Å²) in [5.41, 5.74) is 10.6. The Hall–Kier alpha value is -3.02. The molecule has 0 saturated heterocycles. The molecular formula is C19H21N5O. The molecule has 1 aliphatic rings. The molecule has 0 saturated carbocycles. The summed E-state index contributed by atoms with van der Waals surface area (Å²) in [5, 5.41) is 8.67. The first-order valence-electron chi connectivity index (χ1n) is 8.45. The molecule has 3 rings (SSSR count). The molecule has 1 aromatic heterocycles. The molecule has 0 bridgehead atoms. The van der Waals surface area contributed by atoms with Crippen LogP contribution in [0.15, 0.2) is 59.0 Å². The molecule has 25 heavy (non-hydrogen) atoms. The quantitative estimate of drug-likeness (QED) is 0.628. The lowest BCUT2D eigenvalue weighted by Gasteiger charge is -2.12. The number of amides is 1. The number of rotatable bonds is 6. The van der Waals surface area contributed by atoms with E-state index in [1.807, 2.05) is 36.4 Å². The van der Waals surface area contributed by atoms with Crippen LogP contribution in [0, 0.1) is 0 Å². The summed E-state index contributed by atoms with van der Waals surface area (Å²) in [7, 11) is 0. The number of nitrogens with one attached hydrogen (secondary N) is 2. The number of hydrogen-bond donors (Lipinski definition) is 2. The lowest BCUT2D eigenvalue weighted by Crippen LogP contribution is -2.25. The van der Waals surface area contributed by atoms with Gasteiger partial charge in [0.05, 0.1) is 17.1 Å². The maximum absolute atomic E-state index is 11.2. The lowest BCUT2D eigenvalue weighted by molar-refractivity contribution is -0.121. The Kier molecular flexibility index (Phi) is 5.51. The van der Waals surface area contributed by atoms with Crippen molar-refractivity contribution in [3.05, 3.63) is 59.9 Å². The van der Waals surface area contributed by atoms with Gasteiger partial charge in [0.25, 0.3) is 0 Å². The number of hydrogen-bond acceptors (Lipinski definition) is 5. The van der Waals surface area contributed by atoms with Gasteiger partial charge in [-0.1, -0.05) is 25.5 Å². The second kappa shape index (κ2) is 8.19. The van der Waals surface area contributed by atoms with Crippen molar-refractivity contribution in [1.82, 2.24) is 10.4 Å². The van der Waals surface area contributed by atoms with Crippen LogP contribution in [-0.2, 0) is 4.79 Å². The van der Waals surface area contributed by atoms with E-state index in [0.29, 0.717) is 12.8 Å². The van der Waals surface area contributed by atoms with E-state index in [1.54, 1.807) is 12.4 Å². The number of nitrogens with zero attached hydrogens (tertiary/aromatic N) is 3. The predicted octanol–water partition coefficient (Wildman–Crippen LogP) is 3.31. The number of carbonyl (C=O) groups is 1. The molecule has 2 heterocycles. The van der Waals surface area contributed by atoms with Crippen molar-refractivity contribution in [2.24, 2.45) is 10.2 Å². The molecule has 0 radical (unpaired) electrons. The van der Waals surface area contributed by atoms with Gasteiger partial charge in [-0.3, -0.25) is 15.2 Å². The monoisotopic (exact) mass is 335 g/mol. The fourth-order valence-corrected chi connectivity index (χ4v) is 2.60. The highest BCUT2D eigenvalue weighted by Crippen LogP contribution is 2.15. The van der Waals surface area contributed by atoms with E-state index in [9.17, 15) is 4.79 Å². The number of aromatic nitrogens is 1. The van der Waals surface area contributed by atoms with Crippen molar-refractivity contribution in [3.8, 4) is 0 Å². The molecule has 128 valence electrons. The molecular weight excluding hydrogens is 314 g/mol. The zero-order valence-electron chi connectivity index (χ0n) is 14.2. The predicted molar refractivity (Wildman–Crippen MR) is 99.7 cm³/mol. The van der Waals surface area contributed by atoms with Gasteiger partial charge in [0, 0.05) is 30.8 Å². The second-order valence-corrected chi connectivity index (χ2v) is 5.83. The first-order chi connectivity index (χ1) is 12.3. The van der Waals surface area contributed by atoms with Crippen LogP contribution in [0.4, 0.5) is 5.69 Å². The highest BCUT2D eigenvalue weighted by atomic mass is 16.2. The standard InChI is InChI=1S/C19H21N5O/c1-2-3-17(15-10-12-20-13-11-15)22-21-16-6-4-14(5-7-16)18-8-9-19(25)24-23-18/h4-7,10-13,21H,2-3,8-9H2,1H3,(H,24,25). The van der Waals surface area contributed by atoms with Crippen molar-refractivity contribution in [1.29, 1.82) is 0 Å². The van der Waals surface area contributed by atoms with Gasteiger partial charge >= 0.3 is 0 Å². The number of hydrazone groups is 2. The summed E-state index contributed by atoms with van der Waals surface area (Å²) >= 11 is 0. The number of pyridine rings is 1. The fraction of sp³-hybridized carbons (Fsp3) is 0.263. The minimum Gasteiger partial charge on any atom is -0.278 e. The maximum Gasteiger partial charge on any atom is 0.240 e. The zero-order valence-corrected chi connectivity index (χ0v) is 14.2. The molecule has 0 aliphatic carbocycles. The molecule has 2 N–H and O–H groups in total. The molecule has 0 fully saturated rings. The average Bonchev–Trinajstić information content (AvgIpc) is 2.67. The minimum absolute atomic E-state index is 0.0315. The van der Waals surface area contributed by atoms with E-state index in [1.165, 1.54) is 0 Å². The third kappa shape index (κ3) is 4.50. The second-order valence-electron chi connectivity index (χ2n) is 5.83. The van der Waals surface area contributed by atoms with E-state index in [0.717, 1.165) is 41.1 Å². The number of benzene rings is 1. The third-order valence-electron chi connectivity index (χ3n) is 3.94. The molecule has 1 aliphatic heterocycles. The van der Waals surface area contributed by atoms with Crippen LogP contribution in [-0.4, -0.2) is 22.3 Å². The largest absolute Gasteiger partial charge is 0.278 e. The molecule has 0 unspecified atom stereocenters. The lowest BCUT2D eigenvalue weighted by atomic mass is 10.0. The molecule has 1 amide bonds. The molecule has 0 spiro atoms. The third-order valence-corrected chi connectivity index (χ3v) is 3.94. The number of anilines is 1. The van der Waals surface area contributed by atoms with E-state index in [-0.39, 0.29) is 5.91 Å². The molecule has 0 atom stereocenters. The van der Waals surface area contributed by atoms with Crippen molar-refractivity contribution >= 4 is 23.0 Å². The Morgan fingerprint density at radius 2 is 1.92 bits per heavy atom. The Morgan fingerprint density at radius 3 is 2.56 bits per heavy atom. The van der Waals surface area contributed by atoms with Crippen LogP contribution in [0.5, 0.6) is 0 Å². The molecule has 6 nitrogen and oxygen atoms in total. The van der Waals surface area contributed by atoms with Crippen molar-refractivity contribution in [2.75, 3.05) is 5.43 Å². The highest BCUT2D eigenvalue weighted by molar-refractivity contribution is 6.04. The van der Waals surface area contributed by atoms with Gasteiger partial charge in [-0.25, -0.2) is 5.43 Å². The average molecular weight is 335 g/mol. The summed E-state index contributed by atoms with van der Waals surface area (Å²) < 4.78 is 0. The summed E-state index contributed by atoms with van der Waals surface area (Å²) in [6, 6.07) is 11.8. The van der Waals surface area contributed by atoms with Crippen LogP contribution in [0.1, 0.15) is 43.7 Å². The van der Waals surface area contributed by atoms with Gasteiger partial charge in [0.2, 0.25) is 5.91 Å². The highest BCUT2D eigenvalue weighted by Gasteiger charge is 2.12. The van der Waals surface area contributed by atoms with Gasteiger partial charge in [0.1, 0.15) is 0 Å². The normalized spacial score (nSPS) is 14.7. The summed E-state index contributed by atoms with van der Waals surface area (Å²) in [4.78, 5) is 15.2.